The van der Waals surface area contributed by atoms with Crippen molar-refractivity contribution in [3.63, 3.8) is 0 Å². The molecule has 2 aromatic rings. The van der Waals surface area contributed by atoms with Gasteiger partial charge in [-0.15, -0.1) is 0 Å². The highest BCUT2D eigenvalue weighted by molar-refractivity contribution is 7.89. The van der Waals surface area contributed by atoms with Crippen molar-refractivity contribution in [3.8, 4) is 5.75 Å². The van der Waals surface area contributed by atoms with Gasteiger partial charge in [0.25, 0.3) is 0 Å². The summed E-state index contributed by atoms with van der Waals surface area (Å²) in [4.78, 5) is 0.225. The molecule has 0 spiro atoms. The van der Waals surface area contributed by atoms with E-state index in [2.05, 4.69) is 14.9 Å². The standard InChI is InChI=1S/C14H17N3O3S/c1-10-8-13(20-3)6-7-14(10)21(18,19)15-9-12-5-4-11(2)16-17-12/h4-8,15H,9H2,1-3H3. The van der Waals surface area contributed by atoms with Gasteiger partial charge in [-0.05, 0) is 49.7 Å². The molecule has 1 aromatic carbocycles. The molecule has 112 valence electrons. The van der Waals surface area contributed by atoms with E-state index in [0.717, 1.165) is 5.69 Å². The largest absolute Gasteiger partial charge is 0.497 e. The van der Waals surface area contributed by atoms with Crippen LogP contribution in [0.4, 0.5) is 0 Å². The zero-order valence-corrected chi connectivity index (χ0v) is 12.9. The van der Waals surface area contributed by atoms with E-state index in [-0.39, 0.29) is 11.4 Å². The summed E-state index contributed by atoms with van der Waals surface area (Å²) in [6, 6.07) is 8.35. The summed E-state index contributed by atoms with van der Waals surface area (Å²) in [5.41, 5.74) is 1.97. The molecule has 0 radical (unpaired) electrons. The number of benzene rings is 1. The van der Waals surface area contributed by atoms with Gasteiger partial charge in [-0.1, -0.05) is 0 Å². The van der Waals surface area contributed by atoms with E-state index in [1.165, 1.54) is 13.2 Å². The van der Waals surface area contributed by atoms with E-state index >= 15 is 0 Å². The lowest BCUT2D eigenvalue weighted by Crippen LogP contribution is -2.24. The van der Waals surface area contributed by atoms with Gasteiger partial charge in [0.15, 0.2) is 0 Å². The highest BCUT2D eigenvalue weighted by Gasteiger charge is 2.17. The Hall–Kier alpha value is -1.99. The maximum atomic E-state index is 12.3. The lowest BCUT2D eigenvalue weighted by atomic mass is 10.2. The molecule has 0 amide bonds. The smallest absolute Gasteiger partial charge is 0.241 e. The molecule has 0 aliphatic rings. The second-order valence-corrected chi connectivity index (χ2v) is 6.36. The number of nitrogens with one attached hydrogen (secondary N) is 1. The summed E-state index contributed by atoms with van der Waals surface area (Å²) in [7, 11) is -2.06. The average Bonchev–Trinajstić information content (AvgIpc) is 2.46. The first kappa shape index (κ1) is 15.4. The fourth-order valence-electron chi connectivity index (χ4n) is 1.82. The van der Waals surface area contributed by atoms with Gasteiger partial charge in [-0.25, -0.2) is 13.1 Å². The minimum Gasteiger partial charge on any atom is -0.497 e. The van der Waals surface area contributed by atoms with Crippen molar-refractivity contribution in [3.05, 3.63) is 47.3 Å². The molecule has 0 atom stereocenters. The van der Waals surface area contributed by atoms with Gasteiger partial charge in [0.2, 0.25) is 10.0 Å². The molecular formula is C14H17N3O3S. The van der Waals surface area contributed by atoms with E-state index in [9.17, 15) is 8.42 Å². The van der Waals surface area contributed by atoms with Gasteiger partial charge in [0, 0.05) is 0 Å². The maximum Gasteiger partial charge on any atom is 0.241 e. The zero-order valence-electron chi connectivity index (χ0n) is 12.1. The zero-order chi connectivity index (χ0) is 15.5. The molecule has 2 rings (SSSR count). The quantitative estimate of drug-likeness (QED) is 0.907. The summed E-state index contributed by atoms with van der Waals surface area (Å²) in [5.74, 6) is 0.621. The van der Waals surface area contributed by atoms with E-state index < -0.39 is 10.0 Å². The average molecular weight is 307 g/mol. The summed E-state index contributed by atoms with van der Waals surface area (Å²) < 4.78 is 32.2. The van der Waals surface area contributed by atoms with E-state index in [0.29, 0.717) is 17.0 Å². The summed E-state index contributed by atoms with van der Waals surface area (Å²) >= 11 is 0. The third-order valence-electron chi connectivity index (χ3n) is 2.97. The molecule has 0 fully saturated rings. The van der Waals surface area contributed by atoms with E-state index in [1.807, 2.05) is 6.92 Å². The Morgan fingerprint density at radius 1 is 1.14 bits per heavy atom. The number of aromatic nitrogens is 2. The maximum absolute atomic E-state index is 12.3. The van der Waals surface area contributed by atoms with E-state index in [1.54, 1.807) is 31.2 Å². The van der Waals surface area contributed by atoms with Crippen LogP contribution in [0.2, 0.25) is 0 Å². The summed E-state index contributed by atoms with van der Waals surface area (Å²) in [5, 5.41) is 7.82. The van der Waals surface area contributed by atoms with Crippen LogP contribution in [0.3, 0.4) is 0 Å². The topological polar surface area (TPSA) is 81.2 Å². The normalized spacial score (nSPS) is 11.4. The number of nitrogens with zero attached hydrogens (tertiary/aromatic N) is 2. The molecule has 1 heterocycles. The Balaban J connectivity index is 2.16. The first-order chi connectivity index (χ1) is 9.92. The molecule has 0 aliphatic carbocycles. The van der Waals surface area contributed by atoms with Crippen LogP contribution in [-0.4, -0.2) is 25.7 Å². The number of hydrogen-bond acceptors (Lipinski definition) is 5. The number of methoxy groups -OCH3 is 1. The third kappa shape index (κ3) is 3.77. The van der Waals surface area contributed by atoms with Gasteiger partial charge in [0.05, 0.1) is 29.9 Å². The molecule has 1 aromatic heterocycles. The van der Waals surface area contributed by atoms with Crippen LogP contribution in [0.25, 0.3) is 0 Å². The van der Waals surface area contributed by atoms with Crippen LogP contribution in [0, 0.1) is 13.8 Å². The van der Waals surface area contributed by atoms with Gasteiger partial charge in [0.1, 0.15) is 5.75 Å². The second kappa shape index (κ2) is 6.19. The molecule has 1 N–H and O–H groups in total. The second-order valence-electron chi connectivity index (χ2n) is 4.62. The third-order valence-corrected chi connectivity index (χ3v) is 4.53. The van der Waals surface area contributed by atoms with Gasteiger partial charge < -0.3 is 4.74 Å². The predicted octanol–water partition coefficient (Wildman–Crippen LogP) is 1.58. The van der Waals surface area contributed by atoms with Crippen molar-refractivity contribution < 1.29 is 13.2 Å². The van der Waals surface area contributed by atoms with Crippen LogP contribution < -0.4 is 9.46 Å². The molecule has 0 unspecified atom stereocenters. The predicted molar refractivity (Wildman–Crippen MR) is 78.5 cm³/mol. The van der Waals surface area contributed by atoms with Crippen LogP contribution >= 0.6 is 0 Å². The van der Waals surface area contributed by atoms with Crippen LogP contribution in [0.1, 0.15) is 17.0 Å². The lowest BCUT2D eigenvalue weighted by Gasteiger charge is -2.10. The Morgan fingerprint density at radius 2 is 1.90 bits per heavy atom. The Kier molecular flexibility index (Phi) is 4.54. The lowest BCUT2D eigenvalue weighted by molar-refractivity contribution is 0.414. The van der Waals surface area contributed by atoms with Crippen LogP contribution in [0.5, 0.6) is 5.75 Å². The number of sulfonamides is 1. The van der Waals surface area contributed by atoms with Gasteiger partial charge in [-0.3, -0.25) is 0 Å². The molecule has 0 bridgehead atoms. The van der Waals surface area contributed by atoms with Crippen molar-refractivity contribution in [2.45, 2.75) is 25.3 Å². The molecule has 0 saturated carbocycles. The Morgan fingerprint density at radius 3 is 2.48 bits per heavy atom. The van der Waals surface area contributed by atoms with Crippen molar-refractivity contribution in [2.75, 3.05) is 7.11 Å². The molecule has 21 heavy (non-hydrogen) atoms. The SMILES string of the molecule is COc1ccc(S(=O)(=O)NCc2ccc(C)nn2)c(C)c1. The van der Waals surface area contributed by atoms with Crippen LogP contribution in [0.15, 0.2) is 35.2 Å². The number of hydrogen-bond donors (Lipinski definition) is 1. The fraction of sp³-hybridized carbons (Fsp3) is 0.286. The fourth-order valence-corrected chi connectivity index (χ4v) is 3.04. The van der Waals surface area contributed by atoms with Crippen molar-refractivity contribution >= 4 is 10.0 Å². The van der Waals surface area contributed by atoms with Crippen molar-refractivity contribution in [1.29, 1.82) is 0 Å². The van der Waals surface area contributed by atoms with E-state index in [4.69, 9.17) is 4.74 Å². The first-order valence-electron chi connectivity index (χ1n) is 6.36. The first-order valence-corrected chi connectivity index (χ1v) is 7.84. The Bertz CT molecular complexity index is 728. The Labute approximate surface area is 124 Å². The van der Waals surface area contributed by atoms with Crippen molar-refractivity contribution in [2.24, 2.45) is 0 Å². The minimum atomic E-state index is -3.60. The van der Waals surface area contributed by atoms with Gasteiger partial charge in [-0.2, -0.15) is 10.2 Å². The number of ether oxygens (including phenoxy) is 1. The van der Waals surface area contributed by atoms with Crippen molar-refractivity contribution in [1.82, 2.24) is 14.9 Å². The van der Waals surface area contributed by atoms with Crippen LogP contribution in [-0.2, 0) is 16.6 Å². The highest BCUT2D eigenvalue weighted by atomic mass is 32.2. The summed E-state index contributed by atoms with van der Waals surface area (Å²) in [6.07, 6.45) is 0. The highest BCUT2D eigenvalue weighted by Crippen LogP contribution is 2.20. The minimum absolute atomic E-state index is 0.0983. The molecule has 7 heteroatoms. The number of aryl methyl sites for hydroxylation is 2. The molecular weight excluding hydrogens is 290 g/mol. The molecule has 6 nitrogen and oxygen atoms in total. The molecule has 0 saturated heterocycles. The monoisotopic (exact) mass is 307 g/mol. The summed E-state index contributed by atoms with van der Waals surface area (Å²) in [6.45, 7) is 3.64. The van der Waals surface area contributed by atoms with Gasteiger partial charge >= 0.3 is 0 Å². The number of rotatable bonds is 5. The molecule has 0 aliphatic heterocycles.